The highest BCUT2D eigenvalue weighted by atomic mass is 19.1. The van der Waals surface area contributed by atoms with Crippen LogP contribution in [-0.4, -0.2) is 21.1 Å². The summed E-state index contributed by atoms with van der Waals surface area (Å²) in [6.07, 6.45) is 1.35. The number of rotatable bonds is 2. The number of carbonyl (C=O) groups excluding carboxylic acids is 1. The number of nitrogens with zero attached hydrogens (tertiary/aromatic N) is 2. The molecule has 0 saturated carbocycles. The molecule has 22 heavy (non-hydrogen) atoms. The van der Waals surface area contributed by atoms with Crippen LogP contribution >= 0.6 is 0 Å². The third-order valence-electron chi connectivity index (χ3n) is 3.21. The van der Waals surface area contributed by atoms with Gasteiger partial charge in [0.2, 0.25) is 0 Å². The minimum atomic E-state index is -1.09. The number of hydrogen-bond acceptors (Lipinski definition) is 4. The van der Waals surface area contributed by atoms with Crippen LogP contribution < -0.4 is 11.1 Å². The Labute approximate surface area is 123 Å². The molecule has 112 valence electrons. The topological polar surface area (TPSA) is 96.7 Å². The van der Waals surface area contributed by atoms with Crippen molar-refractivity contribution in [2.75, 3.05) is 11.1 Å². The van der Waals surface area contributed by atoms with Crippen molar-refractivity contribution >= 4 is 28.3 Å². The summed E-state index contributed by atoms with van der Waals surface area (Å²) in [6, 6.07) is 3.61. The number of aromatic amines is 1. The summed E-state index contributed by atoms with van der Waals surface area (Å²) in [4.78, 5) is 16.1. The van der Waals surface area contributed by atoms with Gasteiger partial charge in [-0.25, -0.2) is 13.8 Å². The fourth-order valence-corrected chi connectivity index (χ4v) is 2.06. The highest BCUT2D eigenvalue weighted by molar-refractivity contribution is 6.05. The molecule has 2 aromatic heterocycles. The largest absolute Gasteiger partial charge is 0.396 e. The minimum absolute atomic E-state index is 0.295. The normalized spacial score (nSPS) is 10.9. The molecular formula is C14H11F2N5O. The second-order valence-corrected chi connectivity index (χ2v) is 4.72. The standard InChI is InChI=1S/C14H11F2N5O/c1-6-8-4-7(5-18-13(8)21-20-6)19-14(22)11-9(15)2-3-10(17)12(11)16/h2-5H,17H2,1H3,(H,19,22)(H,18,20,21). The highest BCUT2D eigenvalue weighted by Crippen LogP contribution is 2.22. The molecule has 6 nitrogen and oxygen atoms in total. The maximum atomic E-state index is 13.8. The van der Waals surface area contributed by atoms with Crippen LogP contribution in [0.25, 0.3) is 11.0 Å². The van der Waals surface area contributed by atoms with Gasteiger partial charge >= 0.3 is 0 Å². The molecule has 4 N–H and O–H groups in total. The van der Waals surface area contributed by atoms with Gasteiger partial charge in [-0.1, -0.05) is 0 Å². The number of halogens is 2. The lowest BCUT2D eigenvalue weighted by Crippen LogP contribution is -2.17. The van der Waals surface area contributed by atoms with E-state index in [2.05, 4.69) is 20.5 Å². The summed E-state index contributed by atoms with van der Waals surface area (Å²) in [7, 11) is 0. The van der Waals surface area contributed by atoms with Gasteiger partial charge in [0.05, 0.1) is 17.6 Å². The lowest BCUT2D eigenvalue weighted by atomic mass is 10.1. The van der Waals surface area contributed by atoms with Crippen molar-refractivity contribution in [2.45, 2.75) is 6.92 Å². The third-order valence-corrected chi connectivity index (χ3v) is 3.21. The number of aromatic nitrogens is 3. The van der Waals surface area contributed by atoms with Gasteiger partial charge in [-0.2, -0.15) is 5.10 Å². The van der Waals surface area contributed by atoms with Crippen LogP contribution in [0, 0.1) is 18.6 Å². The van der Waals surface area contributed by atoms with E-state index in [4.69, 9.17) is 5.73 Å². The van der Waals surface area contributed by atoms with Crippen molar-refractivity contribution in [3.8, 4) is 0 Å². The van der Waals surface area contributed by atoms with Crippen LogP contribution in [0.4, 0.5) is 20.2 Å². The van der Waals surface area contributed by atoms with E-state index in [1.165, 1.54) is 6.20 Å². The molecule has 0 radical (unpaired) electrons. The SMILES string of the molecule is Cc1[nH]nc2ncc(NC(=O)c3c(F)ccc(N)c3F)cc12. The number of nitrogen functional groups attached to an aromatic ring is 1. The molecule has 0 unspecified atom stereocenters. The smallest absolute Gasteiger partial charge is 0.261 e. The van der Waals surface area contributed by atoms with Crippen LogP contribution in [0.5, 0.6) is 0 Å². The molecule has 3 rings (SSSR count). The van der Waals surface area contributed by atoms with Gasteiger partial charge < -0.3 is 11.1 Å². The summed E-state index contributed by atoms with van der Waals surface area (Å²) in [6.45, 7) is 1.79. The molecule has 0 fully saturated rings. The monoisotopic (exact) mass is 303 g/mol. The highest BCUT2D eigenvalue weighted by Gasteiger charge is 2.20. The van der Waals surface area contributed by atoms with Crippen molar-refractivity contribution in [3.05, 3.63) is 47.3 Å². The molecule has 0 aliphatic carbocycles. The van der Waals surface area contributed by atoms with E-state index in [1.54, 1.807) is 13.0 Å². The lowest BCUT2D eigenvalue weighted by molar-refractivity contribution is 0.101. The van der Waals surface area contributed by atoms with Crippen molar-refractivity contribution in [1.29, 1.82) is 0 Å². The molecular weight excluding hydrogens is 292 g/mol. The zero-order valence-corrected chi connectivity index (χ0v) is 11.4. The molecule has 0 atom stereocenters. The number of carbonyl (C=O) groups is 1. The third kappa shape index (κ3) is 2.24. The number of nitrogens with one attached hydrogen (secondary N) is 2. The maximum Gasteiger partial charge on any atom is 0.261 e. The average Bonchev–Trinajstić information content (AvgIpc) is 2.85. The Bertz CT molecular complexity index is 890. The van der Waals surface area contributed by atoms with Gasteiger partial charge in [-0.3, -0.25) is 9.89 Å². The molecule has 0 spiro atoms. The molecule has 8 heteroatoms. The first kappa shape index (κ1) is 13.9. The summed E-state index contributed by atoms with van der Waals surface area (Å²) in [5, 5.41) is 9.80. The van der Waals surface area contributed by atoms with Gasteiger partial charge in [0.15, 0.2) is 11.5 Å². The van der Waals surface area contributed by atoms with Crippen LogP contribution in [0.1, 0.15) is 16.1 Å². The number of amides is 1. The molecule has 3 aromatic rings. The van der Waals surface area contributed by atoms with E-state index >= 15 is 0 Å². The predicted octanol–water partition coefficient (Wildman–Crippen LogP) is 2.38. The average molecular weight is 303 g/mol. The van der Waals surface area contributed by atoms with E-state index in [-0.39, 0.29) is 5.69 Å². The molecule has 0 saturated heterocycles. The van der Waals surface area contributed by atoms with Crippen LogP contribution in [-0.2, 0) is 0 Å². The number of fused-ring (bicyclic) bond motifs is 1. The second-order valence-electron chi connectivity index (χ2n) is 4.72. The second kappa shape index (κ2) is 5.06. The Balaban J connectivity index is 1.96. The van der Waals surface area contributed by atoms with Crippen molar-refractivity contribution in [3.63, 3.8) is 0 Å². The van der Waals surface area contributed by atoms with Gasteiger partial charge in [-0.05, 0) is 25.1 Å². The Morgan fingerprint density at radius 3 is 2.91 bits per heavy atom. The maximum absolute atomic E-state index is 13.8. The zero-order chi connectivity index (χ0) is 15.9. The van der Waals surface area contributed by atoms with Crippen LogP contribution in [0.2, 0.25) is 0 Å². The number of hydrogen-bond donors (Lipinski definition) is 3. The minimum Gasteiger partial charge on any atom is -0.396 e. The summed E-state index contributed by atoms with van der Waals surface area (Å²) >= 11 is 0. The van der Waals surface area contributed by atoms with Crippen molar-refractivity contribution in [1.82, 2.24) is 15.2 Å². The van der Waals surface area contributed by atoms with E-state index in [0.717, 1.165) is 17.8 Å². The fourth-order valence-electron chi connectivity index (χ4n) is 2.06. The zero-order valence-electron chi connectivity index (χ0n) is 11.4. The molecule has 2 heterocycles. The predicted molar refractivity (Wildman–Crippen MR) is 77.3 cm³/mol. The Morgan fingerprint density at radius 2 is 2.14 bits per heavy atom. The first-order chi connectivity index (χ1) is 10.5. The van der Waals surface area contributed by atoms with Gasteiger partial charge in [0.1, 0.15) is 11.4 Å². The van der Waals surface area contributed by atoms with Crippen LogP contribution in [0.15, 0.2) is 24.4 Å². The van der Waals surface area contributed by atoms with Crippen LogP contribution in [0.3, 0.4) is 0 Å². The quantitative estimate of drug-likeness (QED) is 0.633. The summed E-state index contributed by atoms with van der Waals surface area (Å²) in [5.41, 5.74) is 5.86. The van der Waals surface area contributed by atoms with Crippen molar-refractivity contribution < 1.29 is 13.6 Å². The number of benzene rings is 1. The first-order valence-electron chi connectivity index (χ1n) is 6.33. The van der Waals surface area contributed by atoms with Gasteiger partial charge in [-0.15, -0.1) is 0 Å². The number of H-pyrrole nitrogens is 1. The number of anilines is 2. The Kier molecular flexibility index (Phi) is 3.21. The van der Waals surface area contributed by atoms with E-state index < -0.39 is 23.1 Å². The van der Waals surface area contributed by atoms with Gasteiger partial charge in [0.25, 0.3) is 5.91 Å². The van der Waals surface area contributed by atoms with Gasteiger partial charge in [0, 0.05) is 11.1 Å². The molecule has 0 aliphatic rings. The van der Waals surface area contributed by atoms with E-state index in [1.807, 2.05) is 0 Å². The lowest BCUT2D eigenvalue weighted by Gasteiger charge is -2.08. The van der Waals surface area contributed by atoms with E-state index in [9.17, 15) is 13.6 Å². The Hall–Kier alpha value is -3.03. The molecule has 1 amide bonds. The fraction of sp³-hybridized carbons (Fsp3) is 0.0714. The number of aryl methyl sites for hydroxylation is 1. The first-order valence-corrected chi connectivity index (χ1v) is 6.33. The molecule has 0 bridgehead atoms. The number of nitrogens with two attached hydrogens (primary N) is 1. The van der Waals surface area contributed by atoms with Crippen molar-refractivity contribution in [2.24, 2.45) is 0 Å². The molecule has 0 aliphatic heterocycles. The summed E-state index contributed by atoms with van der Waals surface area (Å²) < 4.78 is 27.5. The molecule has 1 aromatic carbocycles. The van der Waals surface area contributed by atoms with E-state index in [0.29, 0.717) is 16.7 Å². The Morgan fingerprint density at radius 1 is 1.36 bits per heavy atom. The number of pyridine rings is 1. The summed E-state index contributed by atoms with van der Waals surface area (Å²) in [5.74, 6) is -3.02.